The van der Waals surface area contributed by atoms with Gasteiger partial charge in [0.1, 0.15) is 55.4 Å². The maximum atomic E-state index is 12.9. The van der Waals surface area contributed by atoms with Gasteiger partial charge in [-0.2, -0.15) is 0 Å². The highest BCUT2D eigenvalue weighted by atomic mass is 16.7. The van der Waals surface area contributed by atoms with Gasteiger partial charge in [0.05, 0.1) is 26.3 Å². The molecule has 1 heterocycles. The van der Waals surface area contributed by atoms with Gasteiger partial charge in [0.15, 0.2) is 6.29 Å². The number of nitrogens with zero attached hydrogens (tertiary/aromatic N) is 1. The van der Waals surface area contributed by atoms with Gasteiger partial charge in [0, 0.05) is 12.1 Å². The lowest BCUT2D eigenvalue weighted by molar-refractivity contribution is -0.327. The molecule has 1 rings (SSSR count). The Morgan fingerprint density at radius 2 is 1.62 bits per heavy atom. The van der Waals surface area contributed by atoms with E-state index in [1.165, 1.54) is 11.8 Å². The fourth-order valence-corrected chi connectivity index (χ4v) is 4.29. The fraction of sp³-hybridized carbons (Fsp3) is 0.852. The number of esters is 1. The maximum Gasteiger partial charge on any atom is 0.333 e. The van der Waals surface area contributed by atoms with Crippen molar-refractivity contribution in [2.24, 2.45) is 0 Å². The van der Waals surface area contributed by atoms with Crippen LogP contribution in [0.5, 0.6) is 0 Å². The molecule has 0 saturated carbocycles. The normalized spacial score (nSPS) is 25.2. The highest BCUT2D eigenvalue weighted by Crippen LogP contribution is 2.25. The largest absolute Gasteiger partial charge is 0.460 e. The predicted molar refractivity (Wildman–Crippen MR) is 148 cm³/mol. The number of rotatable bonds is 20. The number of carbonyl (C=O) groups excluding carboxylic acids is 2. The number of hydrogen-bond acceptors (Lipinski definition) is 13. The van der Waals surface area contributed by atoms with Crippen molar-refractivity contribution in [3.8, 4) is 0 Å². The quantitative estimate of drug-likeness (QED) is 0.0402. The summed E-state index contributed by atoms with van der Waals surface area (Å²) in [6, 6.07) is -0.615. The number of nitrogens with one attached hydrogen (secondary N) is 1. The van der Waals surface area contributed by atoms with Crippen molar-refractivity contribution in [3.05, 3.63) is 12.2 Å². The van der Waals surface area contributed by atoms with E-state index in [-0.39, 0.29) is 25.3 Å². The number of unbranched alkanes of at least 4 members (excludes halogenated alkanes) is 5. The summed E-state index contributed by atoms with van der Waals surface area (Å²) in [4.78, 5) is 25.7. The third-order valence-corrected chi connectivity index (χ3v) is 6.87. The van der Waals surface area contributed by atoms with Gasteiger partial charge >= 0.3 is 12.0 Å². The Balaban J connectivity index is 2.93. The standard InChI is InChI=1S/C27H50N2O13/c1-4-5-6-7-8-9-11-29(27(39)28-10-12-40-25(38)16(2)3)13-17(32)20(34)24(18(33)14-30)42-26-23(37)22(36)21(35)19(15-31)41-26/h17-24,26,30-37H,2,4-15H2,1,3H3,(H,28,39)/t17?,18?,19-,20?,21-,22+,23-,24?,26-/m1/s1. The van der Waals surface area contributed by atoms with Crippen LogP contribution >= 0.6 is 0 Å². The van der Waals surface area contributed by atoms with Crippen LogP contribution in [0.15, 0.2) is 12.2 Å². The van der Waals surface area contributed by atoms with Gasteiger partial charge in [0.2, 0.25) is 0 Å². The van der Waals surface area contributed by atoms with Crippen LogP contribution in [0, 0.1) is 0 Å². The third kappa shape index (κ3) is 12.4. The first-order chi connectivity index (χ1) is 19.9. The molecule has 15 nitrogen and oxygen atoms in total. The number of carbonyl (C=O) groups is 2. The van der Waals surface area contributed by atoms with E-state index in [0.717, 1.165) is 32.1 Å². The third-order valence-electron chi connectivity index (χ3n) is 6.87. The molecule has 4 unspecified atom stereocenters. The van der Waals surface area contributed by atoms with Crippen LogP contribution in [0.4, 0.5) is 4.79 Å². The second-order valence-corrected chi connectivity index (χ2v) is 10.5. The molecular formula is C27H50N2O13. The molecule has 1 saturated heterocycles. The van der Waals surface area contributed by atoms with Crippen LogP contribution < -0.4 is 5.32 Å². The molecule has 0 aliphatic carbocycles. The lowest BCUT2D eigenvalue weighted by Crippen LogP contribution is -2.62. The van der Waals surface area contributed by atoms with E-state index in [4.69, 9.17) is 14.2 Å². The number of amides is 2. The van der Waals surface area contributed by atoms with Crippen molar-refractivity contribution >= 4 is 12.0 Å². The number of ether oxygens (including phenoxy) is 3. The summed E-state index contributed by atoms with van der Waals surface area (Å²) in [6.45, 7) is 4.98. The Morgan fingerprint density at radius 3 is 2.21 bits per heavy atom. The second kappa shape index (κ2) is 20.1. The molecule has 9 N–H and O–H groups in total. The second-order valence-electron chi connectivity index (χ2n) is 10.5. The van der Waals surface area contributed by atoms with Gasteiger partial charge in [0.25, 0.3) is 0 Å². The highest BCUT2D eigenvalue weighted by Gasteiger charge is 2.47. The Bertz CT molecular complexity index is 802. The molecule has 0 radical (unpaired) electrons. The molecule has 0 aromatic heterocycles. The van der Waals surface area contributed by atoms with Crippen LogP contribution in [0.3, 0.4) is 0 Å². The average Bonchev–Trinajstić information content (AvgIpc) is 2.97. The molecular weight excluding hydrogens is 560 g/mol. The predicted octanol–water partition coefficient (Wildman–Crippen LogP) is -2.26. The van der Waals surface area contributed by atoms with E-state index in [2.05, 4.69) is 18.8 Å². The van der Waals surface area contributed by atoms with Gasteiger partial charge in [-0.15, -0.1) is 0 Å². The molecule has 1 aliphatic heterocycles. The minimum absolute atomic E-state index is 0.0322. The summed E-state index contributed by atoms with van der Waals surface area (Å²) < 4.78 is 15.7. The summed E-state index contributed by atoms with van der Waals surface area (Å²) in [6.07, 6.45) is -10.2. The van der Waals surface area contributed by atoms with E-state index >= 15 is 0 Å². The van der Waals surface area contributed by atoms with Gasteiger partial charge < -0.3 is 65.3 Å². The summed E-state index contributed by atoms with van der Waals surface area (Å²) >= 11 is 0. The highest BCUT2D eigenvalue weighted by molar-refractivity contribution is 5.86. The van der Waals surface area contributed by atoms with Crippen LogP contribution in [0.25, 0.3) is 0 Å². The Hall–Kier alpha value is -1.92. The van der Waals surface area contributed by atoms with Crippen molar-refractivity contribution in [2.75, 3.05) is 39.5 Å². The van der Waals surface area contributed by atoms with Crippen molar-refractivity contribution in [2.45, 2.75) is 107 Å². The van der Waals surface area contributed by atoms with E-state index in [1.54, 1.807) is 0 Å². The van der Waals surface area contributed by atoms with Gasteiger partial charge in [-0.25, -0.2) is 9.59 Å². The van der Waals surface area contributed by atoms with Crippen LogP contribution in [-0.2, 0) is 19.0 Å². The van der Waals surface area contributed by atoms with E-state index in [0.29, 0.717) is 6.42 Å². The Kier molecular flexibility index (Phi) is 18.2. The van der Waals surface area contributed by atoms with Gasteiger partial charge in [-0.1, -0.05) is 45.6 Å². The van der Waals surface area contributed by atoms with E-state index < -0.39 is 86.9 Å². The maximum absolute atomic E-state index is 12.9. The van der Waals surface area contributed by atoms with Crippen molar-refractivity contribution in [1.29, 1.82) is 0 Å². The molecule has 2 amide bonds. The fourth-order valence-electron chi connectivity index (χ4n) is 4.29. The van der Waals surface area contributed by atoms with Crippen LogP contribution in [0.2, 0.25) is 0 Å². The number of aliphatic hydroxyl groups is 8. The van der Waals surface area contributed by atoms with Crippen molar-refractivity contribution < 1.29 is 64.7 Å². The lowest BCUT2D eigenvalue weighted by Gasteiger charge is -2.42. The van der Waals surface area contributed by atoms with Crippen LogP contribution in [-0.4, -0.2) is 152 Å². The molecule has 1 fully saturated rings. The smallest absolute Gasteiger partial charge is 0.333 e. The Morgan fingerprint density at radius 1 is 0.976 bits per heavy atom. The van der Waals surface area contributed by atoms with E-state index in [9.17, 15) is 50.4 Å². The average molecular weight is 611 g/mol. The monoisotopic (exact) mass is 610 g/mol. The number of urea groups is 1. The minimum atomic E-state index is -1.93. The molecule has 0 spiro atoms. The topological polar surface area (TPSA) is 239 Å². The summed E-state index contributed by atoms with van der Waals surface area (Å²) in [5.74, 6) is -0.611. The first-order valence-electron chi connectivity index (χ1n) is 14.4. The first-order valence-corrected chi connectivity index (χ1v) is 14.4. The molecule has 0 aromatic rings. The summed E-state index contributed by atoms with van der Waals surface area (Å²) in [7, 11) is 0. The zero-order valence-electron chi connectivity index (χ0n) is 24.5. The number of aliphatic hydroxyl groups excluding tert-OH is 8. The molecule has 246 valence electrons. The lowest BCUT2D eigenvalue weighted by atomic mass is 9.98. The SMILES string of the molecule is C=C(C)C(=O)OCCNC(=O)N(CCCCCCCC)CC(O)C(O)C(O[C@H]1O[C@H](CO)[C@@H](O)[C@H](O)[C@H]1O)C(O)CO. The molecule has 9 atom stereocenters. The zero-order chi connectivity index (χ0) is 31.8. The van der Waals surface area contributed by atoms with Crippen LogP contribution in [0.1, 0.15) is 52.4 Å². The Labute approximate surface area is 246 Å². The summed E-state index contributed by atoms with van der Waals surface area (Å²) in [5.41, 5.74) is 0.202. The first kappa shape index (κ1) is 38.1. The van der Waals surface area contributed by atoms with Crippen molar-refractivity contribution in [3.63, 3.8) is 0 Å². The summed E-state index contributed by atoms with van der Waals surface area (Å²) in [5, 5.41) is 83.8. The van der Waals surface area contributed by atoms with E-state index in [1.807, 2.05) is 0 Å². The van der Waals surface area contributed by atoms with Gasteiger partial charge in [-0.05, 0) is 13.3 Å². The molecule has 0 bridgehead atoms. The molecule has 0 aromatic carbocycles. The van der Waals surface area contributed by atoms with Crippen molar-refractivity contribution in [1.82, 2.24) is 10.2 Å². The molecule has 42 heavy (non-hydrogen) atoms. The number of hydrogen-bond donors (Lipinski definition) is 9. The molecule has 15 heteroatoms. The van der Waals surface area contributed by atoms with Gasteiger partial charge in [-0.3, -0.25) is 0 Å². The zero-order valence-corrected chi connectivity index (χ0v) is 24.5. The molecule has 1 aliphatic rings. The minimum Gasteiger partial charge on any atom is -0.460 e.